The molecule has 0 aliphatic carbocycles. The van der Waals surface area contributed by atoms with Crippen molar-refractivity contribution in [2.45, 2.75) is 13.5 Å². The van der Waals surface area contributed by atoms with Crippen molar-refractivity contribution in [1.82, 2.24) is 4.57 Å². The van der Waals surface area contributed by atoms with Gasteiger partial charge in [0.05, 0.1) is 17.9 Å². The summed E-state index contributed by atoms with van der Waals surface area (Å²) < 4.78 is 19.6. The molecule has 0 fully saturated rings. The number of rotatable bonds is 4. The number of nitrogens with zero attached hydrogens (tertiary/aromatic N) is 2. The lowest BCUT2D eigenvalue weighted by Crippen LogP contribution is -2.18. The van der Waals surface area contributed by atoms with Crippen molar-refractivity contribution in [2.75, 3.05) is 19.8 Å². The monoisotopic (exact) mass is 394 g/mol. The van der Waals surface area contributed by atoms with E-state index in [0.717, 1.165) is 16.0 Å². The summed E-state index contributed by atoms with van der Waals surface area (Å²) >= 11 is 1.40. The highest BCUT2D eigenvalue weighted by Crippen LogP contribution is 2.31. The van der Waals surface area contributed by atoms with Crippen LogP contribution >= 0.6 is 11.3 Å². The van der Waals surface area contributed by atoms with Gasteiger partial charge in [-0.15, -0.1) is 6.42 Å². The molecule has 142 valence electrons. The van der Waals surface area contributed by atoms with E-state index >= 15 is 0 Å². The Labute approximate surface area is 166 Å². The van der Waals surface area contributed by atoms with Crippen molar-refractivity contribution in [3.63, 3.8) is 0 Å². The van der Waals surface area contributed by atoms with Crippen LogP contribution < -0.4 is 19.0 Å². The fourth-order valence-electron chi connectivity index (χ4n) is 3.02. The fraction of sp³-hybridized carbons (Fsp3) is 0.238. The Bertz CT molecular complexity index is 1150. The number of benzene rings is 2. The molecular formula is C21H18N2O4S. The van der Waals surface area contributed by atoms with E-state index in [2.05, 4.69) is 10.9 Å². The molecule has 0 spiro atoms. The predicted molar refractivity (Wildman–Crippen MR) is 107 cm³/mol. The van der Waals surface area contributed by atoms with Gasteiger partial charge in [-0.3, -0.25) is 4.79 Å². The van der Waals surface area contributed by atoms with Crippen LogP contribution in [0.2, 0.25) is 0 Å². The van der Waals surface area contributed by atoms with E-state index in [1.165, 1.54) is 11.3 Å². The van der Waals surface area contributed by atoms with Gasteiger partial charge in [0, 0.05) is 5.56 Å². The summed E-state index contributed by atoms with van der Waals surface area (Å²) in [6, 6.07) is 10.8. The molecule has 1 amide bonds. The largest absolute Gasteiger partial charge is 0.492 e. The summed E-state index contributed by atoms with van der Waals surface area (Å²) in [6.45, 7) is 3.71. The second-order valence-corrected chi connectivity index (χ2v) is 7.00. The Hall–Kier alpha value is -3.24. The normalized spacial score (nSPS) is 13.4. The minimum absolute atomic E-state index is 0.289. The molecule has 1 aliphatic rings. The first-order valence-corrected chi connectivity index (χ1v) is 9.70. The van der Waals surface area contributed by atoms with Crippen LogP contribution in [0, 0.1) is 12.3 Å². The average molecular weight is 394 g/mol. The van der Waals surface area contributed by atoms with Crippen molar-refractivity contribution in [2.24, 2.45) is 4.99 Å². The molecule has 7 heteroatoms. The maximum atomic E-state index is 12.8. The number of ether oxygens (including phenoxy) is 3. The highest BCUT2D eigenvalue weighted by atomic mass is 32.1. The van der Waals surface area contributed by atoms with E-state index in [1.54, 1.807) is 18.2 Å². The van der Waals surface area contributed by atoms with Gasteiger partial charge in [0.2, 0.25) is 0 Å². The van der Waals surface area contributed by atoms with Gasteiger partial charge < -0.3 is 18.8 Å². The molecule has 0 bridgehead atoms. The number of fused-ring (bicyclic) bond motifs is 2. The van der Waals surface area contributed by atoms with E-state index in [1.807, 2.05) is 29.7 Å². The number of hydrogen-bond donors (Lipinski definition) is 0. The summed E-state index contributed by atoms with van der Waals surface area (Å²) in [5.74, 6) is 4.17. The number of hydrogen-bond acceptors (Lipinski definition) is 5. The van der Waals surface area contributed by atoms with E-state index in [0.29, 0.717) is 41.7 Å². The molecular weight excluding hydrogens is 376 g/mol. The number of terminal acetylenes is 1. The molecule has 0 radical (unpaired) electrons. The maximum Gasteiger partial charge on any atom is 0.279 e. The highest BCUT2D eigenvalue weighted by Gasteiger charge is 2.16. The average Bonchev–Trinajstić information content (AvgIpc) is 3.06. The SMILES string of the molecule is C#CCn1c(=NC(=O)c2ccc3c(c2)OCCO3)sc2cccc(OCC)c21. The number of thiazole rings is 1. The van der Waals surface area contributed by atoms with E-state index < -0.39 is 0 Å². The van der Waals surface area contributed by atoms with Gasteiger partial charge in [-0.1, -0.05) is 23.3 Å². The Balaban J connectivity index is 1.80. The van der Waals surface area contributed by atoms with Crippen LogP contribution in [-0.4, -0.2) is 30.3 Å². The van der Waals surface area contributed by atoms with Crippen LogP contribution in [0.5, 0.6) is 17.2 Å². The predicted octanol–water partition coefficient (Wildman–Crippen LogP) is 3.25. The lowest BCUT2D eigenvalue weighted by molar-refractivity contribution is 0.0996. The minimum atomic E-state index is -0.368. The Morgan fingerprint density at radius 1 is 1.29 bits per heavy atom. The van der Waals surface area contributed by atoms with Crippen LogP contribution in [-0.2, 0) is 6.54 Å². The zero-order valence-corrected chi connectivity index (χ0v) is 16.1. The van der Waals surface area contributed by atoms with E-state index in [4.69, 9.17) is 20.6 Å². The Morgan fingerprint density at radius 2 is 2.11 bits per heavy atom. The number of carbonyl (C=O) groups excluding carboxylic acids is 1. The topological polar surface area (TPSA) is 62.1 Å². The Morgan fingerprint density at radius 3 is 2.89 bits per heavy atom. The van der Waals surface area contributed by atoms with Crippen LogP contribution in [0.1, 0.15) is 17.3 Å². The smallest absolute Gasteiger partial charge is 0.279 e. The molecule has 6 nitrogen and oxygen atoms in total. The molecule has 28 heavy (non-hydrogen) atoms. The lowest BCUT2D eigenvalue weighted by atomic mass is 10.2. The van der Waals surface area contributed by atoms with Gasteiger partial charge in [0.1, 0.15) is 24.5 Å². The van der Waals surface area contributed by atoms with Gasteiger partial charge in [0.15, 0.2) is 16.3 Å². The van der Waals surface area contributed by atoms with Gasteiger partial charge in [0.25, 0.3) is 5.91 Å². The molecule has 0 N–H and O–H groups in total. The van der Waals surface area contributed by atoms with E-state index in [9.17, 15) is 4.79 Å². The molecule has 1 aliphatic heterocycles. The van der Waals surface area contributed by atoms with Crippen LogP contribution in [0.15, 0.2) is 41.4 Å². The number of aromatic nitrogens is 1. The first-order valence-electron chi connectivity index (χ1n) is 8.88. The molecule has 3 aromatic rings. The van der Waals surface area contributed by atoms with Crippen molar-refractivity contribution < 1.29 is 19.0 Å². The summed E-state index contributed by atoms with van der Waals surface area (Å²) in [7, 11) is 0. The molecule has 0 atom stereocenters. The molecule has 2 heterocycles. The highest BCUT2D eigenvalue weighted by molar-refractivity contribution is 7.16. The zero-order chi connectivity index (χ0) is 19.5. The van der Waals surface area contributed by atoms with Crippen molar-refractivity contribution >= 4 is 27.5 Å². The van der Waals surface area contributed by atoms with E-state index in [-0.39, 0.29) is 12.5 Å². The maximum absolute atomic E-state index is 12.8. The van der Waals surface area contributed by atoms with Crippen molar-refractivity contribution in [3.8, 4) is 29.6 Å². The third kappa shape index (κ3) is 3.35. The summed E-state index contributed by atoms with van der Waals surface area (Å²) in [6.07, 6.45) is 5.56. The summed E-state index contributed by atoms with van der Waals surface area (Å²) in [5.41, 5.74) is 1.28. The minimum Gasteiger partial charge on any atom is -0.492 e. The van der Waals surface area contributed by atoms with Gasteiger partial charge in [-0.25, -0.2) is 0 Å². The summed E-state index contributed by atoms with van der Waals surface area (Å²) in [5, 5.41) is 0. The lowest BCUT2D eigenvalue weighted by Gasteiger charge is -2.18. The fourth-order valence-corrected chi connectivity index (χ4v) is 4.07. The standard InChI is InChI=1S/C21H18N2O4S/c1-3-10-23-19-16(25-4-2)6-5-7-18(19)28-21(23)22-20(24)14-8-9-15-17(13-14)27-12-11-26-15/h1,5-9,13H,4,10-12H2,2H3. The third-order valence-electron chi connectivity index (χ3n) is 4.20. The van der Waals surface area contributed by atoms with Crippen LogP contribution in [0.4, 0.5) is 0 Å². The van der Waals surface area contributed by atoms with Crippen LogP contribution in [0.3, 0.4) is 0 Å². The Kier molecular flexibility index (Phi) is 5.04. The molecule has 0 saturated carbocycles. The molecule has 1 aromatic heterocycles. The third-order valence-corrected chi connectivity index (χ3v) is 5.24. The van der Waals surface area contributed by atoms with Gasteiger partial charge in [-0.2, -0.15) is 4.99 Å². The van der Waals surface area contributed by atoms with Gasteiger partial charge in [-0.05, 0) is 37.3 Å². The number of para-hydroxylation sites is 1. The van der Waals surface area contributed by atoms with Crippen molar-refractivity contribution in [1.29, 1.82) is 0 Å². The van der Waals surface area contributed by atoms with Crippen molar-refractivity contribution in [3.05, 3.63) is 46.8 Å². The van der Waals surface area contributed by atoms with Crippen LogP contribution in [0.25, 0.3) is 10.2 Å². The molecule has 0 saturated heterocycles. The quantitative estimate of drug-likeness (QED) is 0.638. The first-order chi connectivity index (χ1) is 13.7. The number of carbonyl (C=O) groups is 1. The first kappa shape index (κ1) is 18.1. The zero-order valence-electron chi connectivity index (χ0n) is 15.3. The number of amides is 1. The molecule has 4 rings (SSSR count). The van der Waals surface area contributed by atoms with Gasteiger partial charge >= 0.3 is 0 Å². The molecule has 2 aromatic carbocycles. The molecule has 0 unspecified atom stereocenters. The second-order valence-electron chi connectivity index (χ2n) is 5.99. The second kappa shape index (κ2) is 7.79. The summed E-state index contributed by atoms with van der Waals surface area (Å²) in [4.78, 5) is 17.6.